The molecule has 152 valence electrons. The van der Waals surface area contributed by atoms with Gasteiger partial charge in [-0.05, 0) is 43.0 Å². The topological polar surface area (TPSA) is 76.5 Å². The Bertz CT molecular complexity index is 1270. The van der Waals surface area contributed by atoms with Crippen LogP contribution in [0.5, 0.6) is 0 Å². The van der Waals surface area contributed by atoms with Crippen molar-refractivity contribution in [2.24, 2.45) is 0 Å². The molecule has 0 bridgehead atoms. The first-order valence-corrected chi connectivity index (χ1v) is 9.80. The number of piperidine rings is 1. The Morgan fingerprint density at radius 3 is 2.70 bits per heavy atom. The summed E-state index contributed by atoms with van der Waals surface area (Å²) in [5.74, 6) is -1.13. The molecule has 1 fully saturated rings. The van der Waals surface area contributed by atoms with Gasteiger partial charge in [-0.1, -0.05) is 12.1 Å². The van der Waals surface area contributed by atoms with Gasteiger partial charge < -0.3 is 10.6 Å². The molecule has 5 rings (SSSR count). The van der Waals surface area contributed by atoms with E-state index in [-0.39, 0.29) is 23.2 Å². The Morgan fingerprint density at radius 1 is 1.10 bits per heavy atom. The number of imidazole rings is 1. The van der Waals surface area contributed by atoms with E-state index in [1.54, 1.807) is 34.0 Å². The van der Waals surface area contributed by atoms with Crippen molar-refractivity contribution in [2.45, 2.75) is 25.3 Å². The maximum Gasteiger partial charge on any atom is 0.257 e. The van der Waals surface area contributed by atoms with Gasteiger partial charge in [0.2, 0.25) is 0 Å². The first-order valence-electron chi connectivity index (χ1n) is 9.80. The van der Waals surface area contributed by atoms with Gasteiger partial charge in [-0.3, -0.25) is 9.20 Å². The van der Waals surface area contributed by atoms with Crippen molar-refractivity contribution in [3.05, 3.63) is 71.7 Å². The molecular weight excluding hydrogens is 388 g/mol. The summed E-state index contributed by atoms with van der Waals surface area (Å²) in [7, 11) is 0. The van der Waals surface area contributed by atoms with Crippen molar-refractivity contribution >= 4 is 28.3 Å². The molecule has 1 aliphatic heterocycles. The lowest BCUT2D eigenvalue weighted by Crippen LogP contribution is -2.39. The SMILES string of the molecule is Nc1nc2cc(F)c(C(=O)N3CCCC[C@@H]3c3ccc(F)cc3)cc2n2cncc12. The van der Waals surface area contributed by atoms with E-state index < -0.39 is 11.7 Å². The van der Waals surface area contributed by atoms with Crippen LogP contribution < -0.4 is 5.73 Å². The number of benzene rings is 2. The van der Waals surface area contributed by atoms with Crippen molar-refractivity contribution in [3.63, 3.8) is 0 Å². The third-order valence-corrected chi connectivity index (χ3v) is 5.71. The number of amides is 1. The van der Waals surface area contributed by atoms with Crippen LogP contribution in [0.1, 0.15) is 41.2 Å². The zero-order valence-corrected chi connectivity index (χ0v) is 16.1. The van der Waals surface area contributed by atoms with Crippen molar-refractivity contribution in [3.8, 4) is 0 Å². The molecule has 8 heteroatoms. The highest BCUT2D eigenvalue weighted by Gasteiger charge is 2.30. The Balaban J connectivity index is 1.59. The third kappa shape index (κ3) is 2.96. The lowest BCUT2D eigenvalue weighted by molar-refractivity contribution is 0.0607. The normalized spacial score (nSPS) is 17.0. The molecule has 2 aromatic heterocycles. The number of nitrogen functional groups attached to an aromatic ring is 1. The average Bonchev–Trinajstić information content (AvgIpc) is 3.24. The van der Waals surface area contributed by atoms with Crippen LogP contribution in [0.3, 0.4) is 0 Å². The first kappa shape index (κ1) is 18.5. The van der Waals surface area contributed by atoms with Crippen LogP contribution in [0.2, 0.25) is 0 Å². The van der Waals surface area contributed by atoms with Crippen LogP contribution in [0.4, 0.5) is 14.6 Å². The fraction of sp³-hybridized carbons (Fsp3) is 0.227. The van der Waals surface area contributed by atoms with E-state index in [9.17, 15) is 13.6 Å². The minimum atomic E-state index is -0.651. The zero-order chi connectivity index (χ0) is 20.8. The third-order valence-electron chi connectivity index (χ3n) is 5.71. The van der Waals surface area contributed by atoms with E-state index in [2.05, 4.69) is 9.97 Å². The lowest BCUT2D eigenvalue weighted by atomic mass is 9.94. The predicted octanol–water partition coefficient (Wildman–Crippen LogP) is 4.11. The number of anilines is 1. The number of likely N-dealkylation sites (tertiary alicyclic amines) is 1. The van der Waals surface area contributed by atoms with Crippen LogP contribution in [0, 0.1) is 11.6 Å². The molecule has 0 radical (unpaired) electrons. The first-order chi connectivity index (χ1) is 14.5. The molecule has 2 aromatic carbocycles. The fourth-order valence-corrected chi connectivity index (χ4v) is 4.22. The average molecular weight is 407 g/mol. The van der Waals surface area contributed by atoms with Crippen LogP contribution in [-0.4, -0.2) is 31.7 Å². The van der Waals surface area contributed by atoms with Gasteiger partial charge in [0.15, 0.2) is 0 Å². The molecule has 0 saturated carbocycles. The molecule has 1 aliphatic rings. The summed E-state index contributed by atoms with van der Waals surface area (Å²) in [6.45, 7) is 0.513. The summed E-state index contributed by atoms with van der Waals surface area (Å²) >= 11 is 0. The van der Waals surface area contributed by atoms with Gasteiger partial charge in [0.25, 0.3) is 5.91 Å². The number of halogens is 2. The van der Waals surface area contributed by atoms with Crippen LogP contribution in [0.15, 0.2) is 48.9 Å². The second kappa shape index (κ2) is 7.05. The highest BCUT2D eigenvalue weighted by atomic mass is 19.1. The highest BCUT2D eigenvalue weighted by molar-refractivity contribution is 5.98. The molecule has 1 saturated heterocycles. The van der Waals surface area contributed by atoms with Crippen molar-refractivity contribution in [1.82, 2.24) is 19.3 Å². The van der Waals surface area contributed by atoms with Crippen molar-refractivity contribution in [2.75, 3.05) is 12.3 Å². The van der Waals surface area contributed by atoms with Crippen molar-refractivity contribution < 1.29 is 13.6 Å². The predicted molar refractivity (Wildman–Crippen MR) is 109 cm³/mol. The molecule has 4 aromatic rings. The van der Waals surface area contributed by atoms with Crippen LogP contribution >= 0.6 is 0 Å². The fourth-order valence-electron chi connectivity index (χ4n) is 4.22. The van der Waals surface area contributed by atoms with E-state index in [0.29, 0.717) is 23.1 Å². The maximum atomic E-state index is 15.0. The molecule has 3 heterocycles. The molecule has 6 nitrogen and oxygen atoms in total. The summed E-state index contributed by atoms with van der Waals surface area (Å²) < 4.78 is 30.0. The summed E-state index contributed by atoms with van der Waals surface area (Å²) in [5.41, 5.74) is 8.24. The minimum Gasteiger partial charge on any atom is -0.382 e. The number of aromatic nitrogens is 3. The molecule has 0 spiro atoms. The highest BCUT2D eigenvalue weighted by Crippen LogP contribution is 2.33. The van der Waals surface area contributed by atoms with E-state index >= 15 is 0 Å². The number of hydrogen-bond acceptors (Lipinski definition) is 4. The Hall–Kier alpha value is -3.55. The molecule has 1 amide bonds. The molecule has 30 heavy (non-hydrogen) atoms. The second-order valence-electron chi connectivity index (χ2n) is 7.53. The summed E-state index contributed by atoms with van der Waals surface area (Å²) in [5, 5.41) is 0. The second-order valence-corrected chi connectivity index (χ2v) is 7.53. The summed E-state index contributed by atoms with van der Waals surface area (Å²) in [6.07, 6.45) is 5.66. The minimum absolute atomic E-state index is 0.0296. The number of rotatable bonds is 2. The maximum absolute atomic E-state index is 15.0. The number of nitrogens with zero attached hydrogens (tertiary/aromatic N) is 4. The van der Waals surface area contributed by atoms with Crippen molar-refractivity contribution in [1.29, 1.82) is 0 Å². The molecule has 0 aliphatic carbocycles. The van der Waals surface area contributed by atoms with E-state index in [4.69, 9.17) is 5.73 Å². The van der Waals surface area contributed by atoms with Gasteiger partial charge in [-0.2, -0.15) is 0 Å². The summed E-state index contributed by atoms with van der Waals surface area (Å²) in [4.78, 5) is 23.4. The summed E-state index contributed by atoms with van der Waals surface area (Å²) in [6, 6.07) is 8.65. The van der Waals surface area contributed by atoms with Gasteiger partial charge in [-0.25, -0.2) is 18.7 Å². The van der Waals surface area contributed by atoms with Gasteiger partial charge >= 0.3 is 0 Å². The van der Waals surface area contributed by atoms with E-state index in [0.717, 1.165) is 24.8 Å². The quantitative estimate of drug-likeness (QED) is 0.543. The van der Waals surface area contributed by atoms with E-state index in [1.165, 1.54) is 24.3 Å². The number of nitrogens with two attached hydrogens (primary N) is 1. The standard InChI is InChI=1S/C22H19F2N5O/c23-14-6-4-13(5-7-14)18-3-1-2-8-28(18)22(30)15-9-19-17(10-16(15)24)27-21(25)20-11-26-12-29(19)20/h4-7,9-12,18H,1-3,8H2,(H2,25,27)/t18-/m1/s1. The smallest absolute Gasteiger partial charge is 0.257 e. The zero-order valence-electron chi connectivity index (χ0n) is 16.1. The Morgan fingerprint density at radius 2 is 1.90 bits per heavy atom. The van der Waals surface area contributed by atoms with Crippen LogP contribution in [-0.2, 0) is 0 Å². The monoisotopic (exact) mass is 407 g/mol. The number of carbonyl (C=O) groups is 1. The number of hydrogen-bond donors (Lipinski definition) is 1. The van der Waals surface area contributed by atoms with E-state index in [1.807, 2.05) is 0 Å². The van der Waals surface area contributed by atoms with Crippen LogP contribution in [0.25, 0.3) is 16.6 Å². The van der Waals surface area contributed by atoms with Gasteiger partial charge in [0.05, 0.1) is 35.2 Å². The molecule has 0 unspecified atom stereocenters. The Kier molecular flexibility index (Phi) is 4.34. The number of fused-ring (bicyclic) bond motifs is 3. The molecular formula is C22H19F2N5O. The molecule has 2 N–H and O–H groups in total. The van der Waals surface area contributed by atoms with Gasteiger partial charge in [0.1, 0.15) is 23.0 Å². The number of carbonyl (C=O) groups excluding carboxylic acids is 1. The van der Waals surface area contributed by atoms with Gasteiger partial charge in [-0.15, -0.1) is 0 Å². The largest absolute Gasteiger partial charge is 0.382 e. The van der Waals surface area contributed by atoms with Gasteiger partial charge in [0, 0.05) is 12.6 Å². The molecule has 1 atom stereocenters. The lowest BCUT2D eigenvalue weighted by Gasteiger charge is -2.36. The Labute approximate surface area is 171 Å².